The predicted molar refractivity (Wildman–Crippen MR) is 90.0 cm³/mol. The van der Waals surface area contributed by atoms with Gasteiger partial charge in [0.1, 0.15) is 0 Å². The van der Waals surface area contributed by atoms with Crippen LogP contribution in [0.3, 0.4) is 0 Å². The Bertz CT molecular complexity index is 585. The predicted octanol–water partition coefficient (Wildman–Crippen LogP) is 2.02. The Morgan fingerprint density at radius 2 is 2.00 bits per heavy atom. The third kappa shape index (κ3) is 3.71. The van der Waals surface area contributed by atoms with Gasteiger partial charge >= 0.3 is 6.01 Å². The Kier molecular flexibility index (Phi) is 4.55. The fourth-order valence-electron chi connectivity index (χ4n) is 3.42. The summed E-state index contributed by atoms with van der Waals surface area (Å²) in [4.78, 5) is 13.2. The number of amides is 1. The van der Waals surface area contributed by atoms with Crippen molar-refractivity contribution in [3.05, 3.63) is 5.89 Å². The van der Waals surface area contributed by atoms with E-state index in [1.54, 1.807) is 6.92 Å². The smallest absolute Gasteiger partial charge is 0.318 e. The summed E-state index contributed by atoms with van der Waals surface area (Å²) in [5.41, 5.74) is -0.180. The fraction of sp³-hybridized carbons (Fsp3) is 0.824. The molecule has 0 radical (unpaired) electrons. The minimum Gasteiger partial charge on any atom is -0.407 e. The molecule has 1 N–H and O–H groups in total. The minimum absolute atomic E-state index is 0.000385. The zero-order chi connectivity index (χ0) is 17.4. The summed E-state index contributed by atoms with van der Waals surface area (Å²) in [6.45, 7) is 10.1. The standard InChI is InChI=1S/C17H28N4O3/c1-12(22)18-11-13-5-6-17(24-13)7-9-21(10-8-17)15-20-19-14(23-15)16(2,3)4/h13H,5-11H2,1-4H3,(H,18,22)/t13-/m0/s1. The lowest BCUT2D eigenvalue weighted by Crippen LogP contribution is -2.45. The molecule has 1 aromatic rings. The van der Waals surface area contributed by atoms with Crippen molar-refractivity contribution < 1.29 is 13.9 Å². The van der Waals surface area contributed by atoms with Gasteiger partial charge in [-0.25, -0.2) is 0 Å². The Hall–Kier alpha value is -1.63. The van der Waals surface area contributed by atoms with Crippen LogP contribution in [-0.2, 0) is 14.9 Å². The van der Waals surface area contributed by atoms with Crippen LogP contribution in [0, 0.1) is 0 Å². The van der Waals surface area contributed by atoms with Crippen LogP contribution in [0.4, 0.5) is 6.01 Å². The van der Waals surface area contributed by atoms with Gasteiger partial charge in [0.15, 0.2) is 0 Å². The molecule has 2 fully saturated rings. The summed E-state index contributed by atoms with van der Waals surface area (Å²) in [6, 6.07) is 0.613. The number of carbonyl (C=O) groups is 1. The van der Waals surface area contributed by atoms with Crippen LogP contribution >= 0.6 is 0 Å². The molecular formula is C17H28N4O3. The van der Waals surface area contributed by atoms with Gasteiger partial charge in [-0.05, 0) is 25.7 Å². The number of ether oxygens (including phenoxy) is 1. The summed E-state index contributed by atoms with van der Waals surface area (Å²) < 4.78 is 12.1. The van der Waals surface area contributed by atoms with Crippen LogP contribution in [0.15, 0.2) is 4.42 Å². The maximum atomic E-state index is 11.0. The minimum atomic E-state index is -0.131. The van der Waals surface area contributed by atoms with Crippen LogP contribution < -0.4 is 10.2 Å². The molecule has 1 amide bonds. The van der Waals surface area contributed by atoms with Crippen molar-refractivity contribution in [3.8, 4) is 0 Å². The largest absolute Gasteiger partial charge is 0.407 e. The molecule has 1 atom stereocenters. The quantitative estimate of drug-likeness (QED) is 0.909. The molecule has 2 aliphatic rings. The fourth-order valence-corrected chi connectivity index (χ4v) is 3.42. The van der Waals surface area contributed by atoms with Gasteiger partial charge in [-0.1, -0.05) is 25.9 Å². The SMILES string of the molecule is CC(=O)NC[C@@H]1CCC2(CCN(c3nnc(C(C)(C)C)o3)CC2)O1. The molecule has 0 aliphatic carbocycles. The molecule has 0 unspecified atom stereocenters. The van der Waals surface area contributed by atoms with Gasteiger partial charge < -0.3 is 19.4 Å². The average Bonchev–Trinajstić information content (AvgIpc) is 3.14. The summed E-state index contributed by atoms with van der Waals surface area (Å²) in [7, 11) is 0. The Morgan fingerprint density at radius 3 is 2.58 bits per heavy atom. The van der Waals surface area contributed by atoms with Crippen molar-refractivity contribution in [1.29, 1.82) is 0 Å². The highest BCUT2D eigenvalue weighted by Crippen LogP contribution is 2.39. The lowest BCUT2D eigenvalue weighted by molar-refractivity contribution is -0.120. The van der Waals surface area contributed by atoms with Crippen LogP contribution in [0.5, 0.6) is 0 Å². The van der Waals surface area contributed by atoms with Gasteiger partial charge in [0.25, 0.3) is 0 Å². The highest BCUT2D eigenvalue weighted by atomic mass is 16.5. The Morgan fingerprint density at radius 1 is 1.29 bits per heavy atom. The van der Waals surface area contributed by atoms with E-state index in [0.717, 1.165) is 38.8 Å². The molecule has 2 saturated heterocycles. The van der Waals surface area contributed by atoms with E-state index >= 15 is 0 Å². The molecule has 2 aliphatic heterocycles. The van der Waals surface area contributed by atoms with Crippen molar-refractivity contribution in [3.63, 3.8) is 0 Å². The van der Waals surface area contributed by atoms with E-state index in [2.05, 4.69) is 41.2 Å². The number of piperidine rings is 1. The summed E-state index contributed by atoms with van der Waals surface area (Å²) >= 11 is 0. The first kappa shape index (κ1) is 17.2. The van der Waals surface area contributed by atoms with Crippen molar-refractivity contribution >= 4 is 11.9 Å². The zero-order valence-electron chi connectivity index (χ0n) is 15.1. The Labute approximate surface area is 143 Å². The molecule has 7 nitrogen and oxygen atoms in total. The lowest BCUT2D eigenvalue weighted by Gasteiger charge is -2.38. The van der Waals surface area contributed by atoms with Crippen molar-refractivity contribution in [2.24, 2.45) is 0 Å². The number of carbonyl (C=O) groups excluding carboxylic acids is 1. The molecule has 0 saturated carbocycles. The van der Waals surface area contributed by atoms with E-state index < -0.39 is 0 Å². The molecule has 3 heterocycles. The van der Waals surface area contributed by atoms with Gasteiger partial charge in [0.05, 0.1) is 11.7 Å². The number of rotatable bonds is 3. The van der Waals surface area contributed by atoms with Crippen molar-refractivity contribution in [2.75, 3.05) is 24.5 Å². The number of hydrogen-bond acceptors (Lipinski definition) is 6. The van der Waals surface area contributed by atoms with E-state index in [1.165, 1.54) is 0 Å². The summed E-state index contributed by atoms with van der Waals surface area (Å²) in [5, 5.41) is 11.2. The normalized spacial score (nSPS) is 23.7. The van der Waals surface area contributed by atoms with Crippen LogP contribution in [-0.4, -0.2) is 47.4 Å². The number of anilines is 1. The van der Waals surface area contributed by atoms with Crippen LogP contribution in [0.1, 0.15) is 59.3 Å². The van der Waals surface area contributed by atoms with Gasteiger partial charge in [-0.2, -0.15) is 0 Å². The molecule has 0 aromatic carbocycles. The first-order valence-corrected chi connectivity index (χ1v) is 8.79. The third-order valence-corrected chi connectivity index (χ3v) is 4.92. The van der Waals surface area contributed by atoms with Crippen molar-refractivity contribution in [1.82, 2.24) is 15.5 Å². The second kappa shape index (κ2) is 6.35. The van der Waals surface area contributed by atoms with Crippen molar-refractivity contribution in [2.45, 2.75) is 70.5 Å². The topological polar surface area (TPSA) is 80.5 Å². The lowest BCUT2D eigenvalue weighted by atomic mass is 9.88. The van der Waals surface area contributed by atoms with E-state index in [1.807, 2.05) is 0 Å². The molecule has 7 heteroatoms. The average molecular weight is 336 g/mol. The number of hydrogen-bond donors (Lipinski definition) is 1. The molecule has 1 spiro atoms. The number of nitrogens with one attached hydrogen (secondary N) is 1. The maximum Gasteiger partial charge on any atom is 0.318 e. The van der Waals surface area contributed by atoms with Crippen LogP contribution in [0.25, 0.3) is 0 Å². The summed E-state index contributed by atoms with van der Waals surface area (Å²) in [5.74, 6) is 0.672. The highest BCUT2D eigenvalue weighted by molar-refractivity contribution is 5.72. The molecule has 134 valence electrons. The molecule has 24 heavy (non-hydrogen) atoms. The second-order valence-corrected chi connectivity index (χ2v) is 8.03. The van der Waals surface area contributed by atoms with Gasteiger partial charge in [0, 0.05) is 32.0 Å². The van der Waals surface area contributed by atoms with E-state index in [4.69, 9.17) is 9.15 Å². The Balaban J connectivity index is 1.54. The first-order valence-electron chi connectivity index (χ1n) is 8.79. The number of nitrogens with zero attached hydrogens (tertiary/aromatic N) is 3. The monoisotopic (exact) mass is 336 g/mol. The molecular weight excluding hydrogens is 308 g/mol. The van der Waals surface area contributed by atoms with Crippen LogP contribution in [0.2, 0.25) is 0 Å². The van der Waals surface area contributed by atoms with Gasteiger partial charge in [0.2, 0.25) is 11.8 Å². The summed E-state index contributed by atoms with van der Waals surface area (Å²) in [6.07, 6.45) is 4.11. The first-order chi connectivity index (χ1) is 11.3. The zero-order valence-corrected chi connectivity index (χ0v) is 15.1. The second-order valence-electron chi connectivity index (χ2n) is 8.03. The van der Waals surface area contributed by atoms with Gasteiger partial charge in [-0.3, -0.25) is 4.79 Å². The molecule has 0 bridgehead atoms. The highest BCUT2D eigenvalue weighted by Gasteiger charge is 2.43. The maximum absolute atomic E-state index is 11.0. The number of aromatic nitrogens is 2. The molecule has 1 aromatic heterocycles. The molecule has 3 rings (SSSR count). The van der Waals surface area contributed by atoms with E-state index in [9.17, 15) is 4.79 Å². The van der Waals surface area contributed by atoms with Gasteiger partial charge in [-0.15, -0.1) is 5.10 Å². The van der Waals surface area contributed by atoms with E-state index in [0.29, 0.717) is 18.5 Å². The third-order valence-electron chi connectivity index (χ3n) is 4.92. The van der Waals surface area contributed by atoms with E-state index in [-0.39, 0.29) is 23.0 Å².